The molecule has 154 valence electrons. The van der Waals surface area contributed by atoms with Gasteiger partial charge in [-0.1, -0.05) is 12.1 Å². The van der Waals surface area contributed by atoms with E-state index in [0.29, 0.717) is 5.56 Å². The van der Waals surface area contributed by atoms with Crippen molar-refractivity contribution in [3.05, 3.63) is 35.4 Å². The predicted molar refractivity (Wildman–Crippen MR) is 95.9 cm³/mol. The maximum atomic E-state index is 12.8. The van der Waals surface area contributed by atoms with Crippen LogP contribution in [0.15, 0.2) is 24.3 Å². The largest absolute Gasteiger partial charge is 0.416 e. The SMILES string of the molecule is CC(C)NC(=O)CCNC(=O)C1CC(=O)N(Cc2cccc(C(F)(F)F)c2)C1. The molecular formula is C19H24F3N3O3. The zero-order valence-electron chi connectivity index (χ0n) is 15.8. The first-order valence-electron chi connectivity index (χ1n) is 9.07. The van der Waals surface area contributed by atoms with Gasteiger partial charge >= 0.3 is 6.18 Å². The van der Waals surface area contributed by atoms with Gasteiger partial charge in [0.25, 0.3) is 0 Å². The van der Waals surface area contributed by atoms with E-state index in [-0.39, 0.29) is 56.2 Å². The molecule has 6 nitrogen and oxygen atoms in total. The summed E-state index contributed by atoms with van der Waals surface area (Å²) in [6.07, 6.45) is -4.31. The molecule has 1 aromatic rings. The molecule has 1 fully saturated rings. The summed E-state index contributed by atoms with van der Waals surface area (Å²) >= 11 is 0. The average molecular weight is 399 g/mol. The molecular weight excluding hydrogens is 375 g/mol. The number of nitrogens with zero attached hydrogens (tertiary/aromatic N) is 1. The molecule has 0 aliphatic carbocycles. The minimum atomic E-state index is -4.45. The molecule has 2 rings (SSSR count). The lowest BCUT2D eigenvalue weighted by atomic mass is 10.1. The van der Waals surface area contributed by atoms with Crippen LogP contribution in [-0.2, 0) is 27.1 Å². The number of alkyl halides is 3. The third kappa shape index (κ3) is 6.24. The maximum absolute atomic E-state index is 12.8. The lowest BCUT2D eigenvalue weighted by Crippen LogP contribution is -2.37. The summed E-state index contributed by atoms with van der Waals surface area (Å²) in [6.45, 7) is 3.98. The van der Waals surface area contributed by atoms with Crippen molar-refractivity contribution in [2.75, 3.05) is 13.1 Å². The number of hydrogen-bond acceptors (Lipinski definition) is 3. The first-order chi connectivity index (χ1) is 13.1. The zero-order chi connectivity index (χ0) is 20.9. The van der Waals surface area contributed by atoms with Gasteiger partial charge in [-0.15, -0.1) is 0 Å². The molecule has 28 heavy (non-hydrogen) atoms. The minimum absolute atomic E-state index is 0.00296. The fourth-order valence-electron chi connectivity index (χ4n) is 3.00. The molecule has 1 heterocycles. The molecule has 0 spiro atoms. The van der Waals surface area contributed by atoms with E-state index in [9.17, 15) is 27.6 Å². The fraction of sp³-hybridized carbons (Fsp3) is 0.526. The summed E-state index contributed by atoms with van der Waals surface area (Å²) in [5, 5.41) is 5.35. The van der Waals surface area contributed by atoms with Gasteiger partial charge in [-0.3, -0.25) is 14.4 Å². The summed E-state index contributed by atoms with van der Waals surface area (Å²) < 4.78 is 38.4. The molecule has 0 aromatic heterocycles. The Kier molecular flexibility index (Phi) is 7.04. The van der Waals surface area contributed by atoms with Gasteiger partial charge in [-0.25, -0.2) is 0 Å². The van der Waals surface area contributed by atoms with Gasteiger partial charge in [0, 0.05) is 38.5 Å². The number of halogens is 3. The van der Waals surface area contributed by atoms with Crippen LogP contribution in [0.1, 0.15) is 37.8 Å². The van der Waals surface area contributed by atoms with Crippen LogP contribution in [-0.4, -0.2) is 41.8 Å². The Morgan fingerprint density at radius 1 is 1.29 bits per heavy atom. The highest BCUT2D eigenvalue weighted by molar-refractivity contribution is 5.89. The normalized spacial score (nSPS) is 17.1. The van der Waals surface area contributed by atoms with Crippen LogP contribution in [0.2, 0.25) is 0 Å². The molecule has 2 N–H and O–H groups in total. The fourth-order valence-corrected chi connectivity index (χ4v) is 3.00. The van der Waals surface area contributed by atoms with Gasteiger partial charge in [0.15, 0.2) is 0 Å². The monoisotopic (exact) mass is 399 g/mol. The second-order valence-electron chi connectivity index (χ2n) is 7.14. The highest BCUT2D eigenvalue weighted by Gasteiger charge is 2.35. The second-order valence-corrected chi connectivity index (χ2v) is 7.14. The highest BCUT2D eigenvalue weighted by atomic mass is 19.4. The van der Waals surface area contributed by atoms with Crippen molar-refractivity contribution in [3.63, 3.8) is 0 Å². The average Bonchev–Trinajstić information content (AvgIpc) is 2.94. The van der Waals surface area contributed by atoms with Crippen molar-refractivity contribution in [1.29, 1.82) is 0 Å². The Balaban J connectivity index is 1.86. The van der Waals surface area contributed by atoms with E-state index in [2.05, 4.69) is 10.6 Å². The number of amides is 3. The van der Waals surface area contributed by atoms with Crippen LogP contribution in [0.25, 0.3) is 0 Å². The Labute approximate surface area is 161 Å². The molecule has 0 radical (unpaired) electrons. The summed E-state index contributed by atoms with van der Waals surface area (Å²) in [7, 11) is 0. The Hall–Kier alpha value is -2.58. The Morgan fingerprint density at radius 3 is 2.64 bits per heavy atom. The van der Waals surface area contributed by atoms with Gasteiger partial charge in [-0.2, -0.15) is 13.2 Å². The number of hydrogen-bond donors (Lipinski definition) is 2. The molecule has 1 unspecified atom stereocenters. The Bertz CT molecular complexity index is 735. The molecule has 1 atom stereocenters. The van der Waals surface area contributed by atoms with Crippen LogP contribution < -0.4 is 10.6 Å². The van der Waals surface area contributed by atoms with Gasteiger partial charge in [-0.05, 0) is 31.5 Å². The topological polar surface area (TPSA) is 78.5 Å². The molecule has 3 amide bonds. The maximum Gasteiger partial charge on any atom is 0.416 e. The van der Waals surface area contributed by atoms with Crippen molar-refractivity contribution in [2.24, 2.45) is 5.92 Å². The van der Waals surface area contributed by atoms with Crippen LogP contribution in [0.4, 0.5) is 13.2 Å². The predicted octanol–water partition coefficient (Wildman–Crippen LogP) is 2.08. The van der Waals surface area contributed by atoms with Crippen molar-refractivity contribution >= 4 is 17.7 Å². The molecule has 1 aliphatic heterocycles. The van der Waals surface area contributed by atoms with Gasteiger partial charge in [0.2, 0.25) is 17.7 Å². The summed E-state index contributed by atoms with van der Waals surface area (Å²) in [5.41, 5.74) is -0.416. The van der Waals surface area contributed by atoms with E-state index in [0.717, 1.165) is 12.1 Å². The number of carbonyl (C=O) groups excluding carboxylic acids is 3. The van der Waals surface area contributed by atoms with E-state index in [4.69, 9.17) is 0 Å². The van der Waals surface area contributed by atoms with Crippen LogP contribution in [0, 0.1) is 5.92 Å². The van der Waals surface area contributed by atoms with E-state index in [1.807, 2.05) is 13.8 Å². The van der Waals surface area contributed by atoms with E-state index in [1.54, 1.807) is 0 Å². The number of nitrogens with one attached hydrogen (secondary N) is 2. The van der Waals surface area contributed by atoms with Gasteiger partial charge in [0.1, 0.15) is 0 Å². The summed E-state index contributed by atoms with van der Waals surface area (Å²) in [5.74, 6) is -1.37. The first-order valence-corrected chi connectivity index (χ1v) is 9.07. The van der Waals surface area contributed by atoms with E-state index in [1.165, 1.54) is 17.0 Å². The van der Waals surface area contributed by atoms with Crippen molar-refractivity contribution in [3.8, 4) is 0 Å². The Morgan fingerprint density at radius 2 is 2.00 bits per heavy atom. The van der Waals surface area contributed by atoms with Crippen LogP contribution >= 0.6 is 0 Å². The quantitative estimate of drug-likeness (QED) is 0.737. The highest BCUT2D eigenvalue weighted by Crippen LogP contribution is 2.30. The van der Waals surface area contributed by atoms with Gasteiger partial charge < -0.3 is 15.5 Å². The van der Waals surface area contributed by atoms with Crippen molar-refractivity contribution in [1.82, 2.24) is 15.5 Å². The third-order valence-corrected chi connectivity index (χ3v) is 4.31. The van der Waals surface area contributed by atoms with Crippen LogP contribution in [0.3, 0.4) is 0 Å². The van der Waals surface area contributed by atoms with E-state index < -0.39 is 17.7 Å². The smallest absolute Gasteiger partial charge is 0.355 e. The standard InChI is InChI=1S/C19H24F3N3O3/c1-12(2)24-16(26)6-7-23-18(28)14-9-17(27)25(11-14)10-13-4-3-5-15(8-13)19(20,21)22/h3-5,8,12,14H,6-7,9-11H2,1-2H3,(H,23,28)(H,24,26). The molecule has 9 heteroatoms. The number of carbonyl (C=O) groups is 3. The van der Waals surface area contributed by atoms with Gasteiger partial charge in [0.05, 0.1) is 11.5 Å². The minimum Gasteiger partial charge on any atom is -0.355 e. The van der Waals surface area contributed by atoms with E-state index >= 15 is 0 Å². The molecule has 1 aliphatic rings. The first kappa shape index (κ1) is 21.7. The zero-order valence-corrected chi connectivity index (χ0v) is 15.8. The lowest BCUT2D eigenvalue weighted by Gasteiger charge is -2.17. The lowest BCUT2D eigenvalue weighted by molar-refractivity contribution is -0.137. The molecule has 0 saturated carbocycles. The van der Waals surface area contributed by atoms with Crippen molar-refractivity contribution < 1.29 is 27.6 Å². The molecule has 0 bridgehead atoms. The van der Waals surface area contributed by atoms with Crippen LogP contribution in [0.5, 0.6) is 0 Å². The number of rotatable bonds is 7. The molecule has 1 aromatic carbocycles. The summed E-state index contributed by atoms with van der Waals surface area (Å²) in [6, 6.07) is 4.81. The number of likely N-dealkylation sites (tertiary alicyclic amines) is 1. The third-order valence-electron chi connectivity index (χ3n) is 4.31. The second kappa shape index (κ2) is 9.07. The molecule has 1 saturated heterocycles. The number of benzene rings is 1. The van der Waals surface area contributed by atoms with Crippen molar-refractivity contribution in [2.45, 2.75) is 45.5 Å². The summed E-state index contributed by atoms with van der Waals surface area (Å²) in [4.78, 5) is 37.3.